The smallest absolute Gasteiger partial charge is 0.216 e. The van der Waals surface area contributed by atoms with Crippen molar-refractivity contribution in [3.63, 3.8) is 0 Å². The number of benzene rings is 3. The molecule has 8 heteroatoms. The summed E-state index contributed by atoms with van der Waals surface area (Å²) in [5.74, 6) is 1.27. The van der Waals surface area contributed by atoms with E-state index in [2.05, 4.69) is 31.6 Å². The standard InChI is InChI=1S/C23H18N6OS/c1-30-21-12-11-15-7-5-6-10-17(15)18(21)14-24-29-22(27-28-23(29)31)20-13-19(25-26-20)16-8-3-2-4-9-16/h2-14H,1H3,(H,25,26)(H,28,31)/b24-14+. The van der Waals surface area contributed by atoms with Crippen LogP contribution in [0, 0.1) is 4.77 Å². The normalized spacial score (nSPS) is 11.4. The van der Waals surface area contributed by atoms with Gasteiger partial charge in [-0.1, -0.05) is 60.7 Å². The summed E-state index contributed by atoms with van der Waals surface area (Å²) in [6.45, 7) is 0. The second-order valence-corrected chi connectivity index (χ2v) is 7.23. The third-order valence-corrected chi connectivity index (χ3v) is 5.26. The zero-order valence-corrected chi connectivity index (χ0v) is 17.4. The summed E-state index contributed by atoms with van der Waals surface area (Å²) in [6.07, 6.45) is 1.74. The summed E-state index contributed by atoms with van der Waals surface area (Å²) >= 11 is 5.41. The molecule has 0 amide bonds. The van der Waals surface area contributed by atoms with Crippen molar-refractivity contribution in [3.05, 3.63) is 83.1 Å². The van der Waals surface area contributed by atoms with Crippen LogP contribution in [0.4, 0.5) is 0 Å². The molecule has 2 aromatic heterocycles. The molecular formula is C23H18N6OS. The van der Waals surface area contributed by atoms with Crippen LogP contribution in [0.3, 0.4) is 0 Å². The predicted molar refractivity (Wildman–Crippen MR) is 124 cm³/mol. The van der Waals surface area contributed by atoms with Gasteiger partial charge in [-0.15, -0.1) is 0 Å². The summed E-state index contributed by atoms with van der Waals surface area (Å²) in [6, 6.07) is 23.9. The SMILES string of the molecule is COc1ccc2ccccc2c1/C=N/n1c(-c2cc(-c3ccccc3)n[nH]2)n[nH]c1=S. The Morgan fingerprint density at radius 1 is 0.968 bits per heavy atom. The highest BCUT2D eigenvalue weighted by molar-refractivity contribution is 7.71. The maximum absolute atomic E-state index is 5.55. The molecule has 2 N–H and O–H groups in total. The lowest BCUT2D eigenvalue weighted by atomic mass is 10.0. The van der Waals surface area contributed by atoms with Gasteiger partial charge in [-0.25, -0.2) is 5.10 Å². The fourth-order valence-electron chi connectivity index (χ4n) is 3.47. The van der Waals surface area contributed by atoms with Crippen molar-refractivity contribution >= 4 is 29.2 Å². The third kappa shape index (κ3) is 3.53. The van der Waals surface area contributed by atoms with Gasteiger partial charge in [-0.3, -0.25) is 5.10 Å². The van der Waals surface area contributed by atoms with E-state index in [-0.39, 0.29) is 0 Å². The predicted octanol–water partition coefficient (Wildman–Crippen LogP) is 5.04. The molecule has 0 spiro atoms. The summed E-state index contributed by atoms with van der Waals surface area (Å²) in [5.41, 5.74) is 3.39. The molecule has 0 aliphatic rings. The van der Waals surface area contributed by atoms with Crippen molar-refractivity contribution < 1.29 is 4.74 Å². The summed E-state index contributed by atoms with van der Waals surface area (Å²) in [7, 11) is 1.64. The Bertz CT molecular complexity index is 1450. The van der Waals surface area contributed by atoms with Crippen LogP contribution in [-0.4, -0.2) is 38.4 Å². The van der Waals surface area contributed by atoms with Crippen LogP contribution in [0.2, 0.25) is 0 Å². The number of hydrogen-bond donors (Lipinski definition) is 2. The van der Waals surface area contributed by atoms with Gasteiger partial charge in [0.25, 0.3) is 0 Å². The minimum absolute atomic E-state index is 0.376. The molecular weight excluding hydrogens is 408 g/mol. The monoisotopic (exact) mass is 426 g/mol. The number of aromatic nitrogens is 5. The molecule has 0 radical (unpaired) electrons. The Labute approximate surface area is 183 Å². The van der Waals surface area contributed by atoms with Crippen molar-refractivity contribution in [2.75, 3.05) is 7.11 Å². The lowest BCUT2D eigenvalue weighted by Gasteiger charge is -2.08. The van der Waals surface area contributed by atoms with Crippen molar-refractivity contribution in [1.82, 2.24) is 25.1 Å². The van der Waals surface area contributed by atoms with Crippen LogP contribution in [0.1, 0.15) is 5.56 Å². The van der Waals surface area contributed by atoms with Gasteiger partial charge in [0.1, 0.15) is 11.4 Å². The van der Waals surface area contributed by atoms with Crippen molar-refractivity contribution in [1.29, 1.82) is 0 Å². The highest BCUT2D eigenvalue weighted by Gasteiger charge is 2.13. The molecule has 0 atom stereocenters. The van der Waals surface area contributed by atoms with E-state index in [4.69, 9.17) is 17.0 Å². The second-order valence-electron chi connectivity index (χ2n) is 6.84. The van der Waals surface area contributed by atoms with Crippen LogP contribution in [-0.2, 0) is 0 Å². The van der Waals surface area contributed by atoms with Crippen LogP contribution in [0.25, 0.3) is 33.5 Å². The van der Waals surface area contributed by atoms with Gasteiger partial charge in [-0.05, 0) is 35.1 Å². The minimum Gasteiger partial charge on any atom is -0.496 e. The minimum atomic E-state index is 0.376. The second kappa shape index (κ2) is 8.00. The number of H-pyrrole nitrogens is 2. The van der Waals surface area contributed by atoms with Crippen LogP contribution in [0.5, 0.6) is 5.75 Å². The zero-order chi connectivity index (χ0) is 21.2. The molecule has 31 heavy (non-hydrogen) atoms. The van der Waals surface area contributed by atoms with Crippen molar-refractivity contribution in [2.24, 2.45) is 5.10 Å². The van der Waals surface area contributed by atoms with E-state index in [1.807, 2.05) is 66.7 Å². The third-order valence-electron chi connectivity index (χ3n) is 4.99. The van der Waals surface area contributed by atoms with Gasteiger partial charge in [0, 0.05) is 11.1 Å². The number of ether oxygens (including phenoxy) is 1. The summed E-state index contributed by atoms with van der Waals surface area (Å²) in [4.78, 5) is 0. The highest BCUT2D eigenvalue weighted by Crippen LogP contribution is 2.27. The molecule has 152 valence electrons. The first-order chi connectivity index (χ1) is 15.2. The first kappa shape index (κ1) is 19.0. The molecule has 2 heterocycles. The zero-order valence-electron chi connectivity index (χ0n) is 16.6. The maximum Gasteiger partial charge on any atom is 0.216 e. The number of methoxy groups -OCH3 is 1. The van der Waals surface area contributed by atoms with Gasteiger partial charge < -0.3 is 4.74 Å². The van der Waals surface area contributed by atoms with E-state index in [0.29, 0.717) is 16.3 Å². The van der Waals surface area contributed by atoms with E-state index >= 15 is 0 Å². The average Bonchev–Trinajstić information content (AvgIpc) is 3.45. The first-order valence-electron chi connectivity index (χ1n) is 9.63. The van der Waals surface area contributed by atoms with E-state index < -0.39 is 0 Å². The van der Waals surface area contributed by atoms with Crippen molar-refractivity contribution in [3.8, 4) is 28.5 Å². The Balaban J connectivity index is 1.57. The Morgan fingerprint density at radius 3 is 2.61 bits per heavy atom. The van der Waals surface area contributed by atoms with Crippen LogP contribution < -0.4 is 4.74 Å². The van der Waals surface area contributed by atoms with E-state index in [1.54, 1.807) is 18.0 Å². The van der Waals surface area contributed by atoms with E-state index in [9.17, 15) is 0 Å². The molecule has 0 aliphatic carbocycles. The molecule has 0 unspecified atom stereocenters. The van der Waals surface area contributed by atoms with Gasteiger partial charge >= 0.3 is 0 Å². The Morgan fingerprint density at radius 2 is 1.77 bits per heavy atom. The molecule has 0 saturated heterocycles. The van der Waals surface area contributed by atoms with Crippen LogP contribution in [0.15, 0.2) is 77.9 Å². The van der Waals surface area contributed by atoms with E-state index in [1.165, 1.54) is 0 Å². The Hall–Kier alpha value is -4.04. The Kier molecular flexibility index (Phi) is 4.89. The summed E-state index contributed by atoms with van der Waals surface area (Å²) in [5, 5.41) is 21.3. The maximum atomic E-state index is 5.55. The van der Waals surface area contributed by atoms with Crippen molar-refractivity contribution in [2.45, 2.75) is 0 Å². The number of nitrogens with zero attached hydrogens (tertiary/aromatic N) is 4. The number of fused-ring (bicyclic) bond motifs is 1. The van der Waals surface area contributed by atoms with Gasteiger partial charge in [0.15, 0.2) is 0 Å². The molecule has 5 rings (SSSR count). The first-order valence-corrected chi connectivity index (χ1v) is 10.0. The molecule has 0 saturated carbocycles. The lowest BCUT2D eigenvalue weighted by molar-refractivity contribution is 0.415. The molecule has 7 nitrogen and oxygen atoms in total. The van der Waals surface area contributed by atoms with Gasteiger partial charge in [0.2, 0.25) is 10.6 Å². The number of aromatic amines is 2. The average molecular weight is 427 g/mol. The van der Waals surface area contributed by atoms with Gasteiger partial charge in [0.05, 0.1) is 19.0 Å². The van der Waals surface area contributed by atoms with Crippen LogP contribution >= 0.6 is 12.2 Å². The van der Waals surface area contributed by atoms with E-state index in [0.717, 1.165) is 33.3 Å². The molecule has 0 fully saturated rings. The fraction of sp³-hybridized carbons (Fsp3) is 0.0435. The largest absolute Gasteiger partial charge is 0.496 e. The molecule has 0 aliphatic heterocycles. The molecule has 0 bridgehead atoms. The summed E-state index contributed by atoms with van der Waals surface area (Å²) < 4.78 is 7.50. The molecule has 5 aromatic rings. The fourth-order valence-corrected chi connectivity index (χ4v) is 3.65. The highest BCUT2D eigenvalue weighted by atomic mass is 32.1. The lowest BCUT2D eigenvalue weighted by Crippen LogP contribution is -1.98. The van der Waals surface area contributed by atoms with Gasteiger partial charge in [-0.2, -0.15) is 20.0 Å². The number of hydrogen-bond acceptors (Lipinski definition) is 5. The quantitative estimate of drug-likeness (QED) is 0.305. The number of rotatable bonds is 5. The topological polar surface area (TPSA) is 83.9 Å². The number of nitrogens with one attached hydrogen (secondary N) is 2. The molecule has 3 aromatic carbocycles.